The first-order valence-electron chi connectivity index (χ1n) is 14.1. The normalized spacial score (nSPS) is 14.9. The van der Waals surface area contributed by atoms with Crippen LogP contribution in [0.1, 0.15) is 78.2 Å². The standard InChI is InChI=1S/C31H51NO5Si2/c1-12-39(13-2,23(3)4)36-25(6)18-20-28(37-38(10,11)31(7,8)9)24(5)17-19-26-15-14-16-27(33)29(26)30(34)35-22-21-32/h14-18,20,23,25,28,33H,12-13,19,22H2,1-11H3/b20-18+,24-17+. The summed E-state index contributed by atoms with van der Waals surface area (Å²) in [6, 6.07) is 8.90. The second kappa shape index (κ2) is 15.0. The summed E-state index contributed by atoms with van der Waals surface area (Å²) in [4.78, 5) is 12.5. The summed E-state index contributed by atoms with van der Waals surface area (Å²) in [7, 11) is -3.95. The molecule has 39 heavy (non-hydrogen) atoms. The third-order valence-corrected chi connectivity index (χ3v) is 17.9. The van der Waals surface area contributed by atoms with E-state index in [1.54, 1.807) is 18.2 Å². The number of allylic oxidation sites excluding steroid dienone is 1. The Morgan fingerprint density at radius 2 is 1.72 bits per heavy atom. The molecule has 1 N–H and O–H groups in total. The van der Waals surface area contributed by atoms with Crippen LogP contribution >= 0.6 is 0 Å². The Hall–Kier alpha value is -2.19. The van der Waals surface area contributed by atoms with Gasteiger partial charge in [0.2, 0.25) is 0 Å². The minimum atomic E-state index is -2.11. The first-order valence-corrected chi connectivity index (χ1v) is 19.4. The molecule has 0 aromatic heterocycles. The highest BCUT2D eigenvalue weighted by molar-refractivity contribution is 6.75. The van der Waals surface area contributed by atoms with Crippen LogP contribution in [0.25, 0.3) is 0 Å². The van der Waals surface area contributed by atoms with Crippen LogP contribution < -0.4 is 0 Å². The van der Waals surface area contributed by atoms with E-state index < -0.39 is 22.6 Å². The summed E-state index contributed by atoms with van der Waals surface area (Å²) >= 11 is 0. The highest BCUT2D eigenvalue weighted by Crippen LogP contribution is 2.38. The molecule has 218 valence electrons. The maximum Gasteiger partial charge on any atom is 0.343 e. The van der Waals surface area contributed by atoms with E-state index >= 15 is 0 Å². The molecule has 0 amide bonds. The van der Waals surface area contributed by atoms with Crippen molar-refractivity contribution in [2.45, 2.75) is 117 Å². The second-order valence-electron chi connectivity index (χ2n) is 12.1. The average molecular weight is 574 g/mol. The molecule has 1 rings (SSSR count). The van der Waals surface area contributed by atoms with E-state index in [0.29, 0.717) is 17.5 Å². The number of benzene rings is 1. The number of esters is 1. The number of carbonyl (C=O) groups is 1. The van der Waals surface area contributed by atoms with Gasteiger partial charge in [-0.05, 0) is 73.2 Å². The van der Waals surface area contributed by atoms with Crippen LogP contribution in [-0.2, 0) is 20.0 Å². The number of ether oxygens (including phenoxy) is 1. The number of aromatic hydroxyl groups is 1. The molecular weight excluding hydrogens is 523 g/mol. The van der Waals surface area contributed by atoms with Crippen molar-refractivity contribution in [3.05, 3.63) is 53.1 Å². The van der Waals surface area contributed by atoms with Crippen molar-refractivity contribution in [3.63, 3.8) is 0 Å². The van der Waals surface area contributed by atoms with Crippen LogP contribution in [0, 0.1) is 11.3 Å². The number of phenols is 1. The highest BCUT2D eigenvalue weighted by Gasteiger charge is 2.39. The summed E-state index contributed by atoms with van der Waals surface area (Å²) in [5.74, 6) is -0.869. The average Bonchev–Trinajstić information content (AvgIpc) is 2.85. The lowest BCUT2D eigenvalue weighted by molar-refractivity contribution is 0.0550. The summed E-state index contributed by atoms with van der Waals surface area (Å²) < 4.78 is 18.6. The van der Waals surface area contributed by atoms with Crippen molar-refractivity contribution in [2.24, 2.45) is 0 Å². The van der Waals surface area contributed by atoms with E-state index in [4.69, 9.17) is 18.9 Å². The van der Waals surface area contributed by atoms with Gasteiger partial charge in [-0.15, -0.1) is 0 Å². The number of nitriles is 1. The van der Waals surface area contributed by atoms with Gasteiger partial charge in [0.05, 0.1) is 12.2 Å². The van der Waals surface area contributed by atoms with Gasteiger partial charge in [0.25, 0.3) is 0 Å². The lowest BCUT2D eigenvalue weighted by Gasteiger charge is -2.39. The smallest absolute Gasteiger partial charge is 0.343 e. The van der Waals surface area contributed by atoms with Crippen LogP contribution in [0.2, 0.25) is 35.8 Å². The molecule has 1 aromatic carbocycles. The summed E-state index contributed by atoms with van der Waals surface area (Å²) in [5, 5.41) is 19.2. The van der Waals surface area contributed by atoms with Gasteiger partial charge in [-0.1, -0.05) is 78.8 Å². The van der Waals surface area contributed by atoms with Gasteiger partial charge in [0.15, 0.2) is 23.2 Å². The van der Waals surface area contributed by atoms with Crippen molar-refractivity contribution in [2.75, 3.05) is 6.61 Å². The van der Waals surface area contributed by atoms with E-state index in [1.807, 2.05) is 13.0 Å². The van der Waals surface area contributed by atoms with E-state index in [-0.39, 0.29) is 35.2 Å². The molecule has 0 heterocycles. The number of rotatable bonds is 14. The monoisotopic (exact) mass is 573 g/mol. The largest absolute Gasteiger partial charge is 0.507 e. The predicted octanol–water partition coefficient (Wildman–Crippen LogP) is 8.31. The van der Waals surface area contributed by atoms with E-state index in [9.17, 15) is 9.90 Å². The molecule has 0 aliphatic heterocycles. The Morgan fingerprint density at radius 3 is 2.23 bits per heavy atom. The molecule has 0 aliphatic rings. The Labute approximate surface area is 239 Å². The van der Waals surface area contributed by atoms with E-state index in [2.05, 4.69) is 80.6 Å². The molecule has 0 saturated carbocycles. The number of phenolic OH excluding ortho intramolecular Hbond substituents is 1. The quantitative estimate of drug-likeness (QED) is 0.137. The number of hydrogen-bond donors (Lipinski definition) is 1. The maximum absolute atomic E-state index is 12.5. The molecular formula is C31H51NO5Si2. The fourth-order valence-corrected chi connectivity index (χ4v) is 9.17. The third kappa shape index (κ3) is 9.75. The lowest BCUT2D eigenvalue weighted by atomic mass is 10.0. The number of hydrogen-bond acceptors (Lipinski definition) is 6. The maximum atomic E-state index is 12.5. The summed E-state index contributed by atoms with van der Waals surface area (Å²) in [6.45, 7) is 24.0. The summed E-state index contributed by atoms with van der Waals surface area (Å²) in [6.07, 6.45) is 6.42. The SMILES string of the molecule is CC[Si](CC)(OC(C)/C=C/C(O[Si](C)(C)C(C)(C)C)/C(C)=C/Cc1cccc(O)c1C(=O)OCC#N)C(C)C. The van der Waals surface area contributed by atoms with Crippen molar-refractivity contribution >= 4 is 22.6 Å². The van der Waals surface area contributed by atoms with Gasteiger partial charge in [-0.2, -0.15) is 5.26 Å². The zero-order valence-corrected chi connectivity index (χ0v) is 28.1. The Morgan fingerprint density at radius 1 is 1.10 bits per heavy atom. The van der Waals surface area contributed by atoms with E-state index in [1.165, 1.54) is 6.07 Å². The van der Waals surface area contributed by atoms with Crippen LogP contribution in [-0.4, -0.2) is 46.5 Å². The first kappa shape index (κ1) is 34.8. The lowest BCUT2D eigenvalue weighted by Crippen LogP contribution is -2.44. The summed E-state index contributed by atoms with van der Waals surface area (Å²) in [5.41, 5.74) is 2.27. The van der Waals surface area contributed by atoms with Gasteiger partial charge in [-0.3, -0.25) is 0 Å². The van der Waals surface area contributed by atoms with Gasteiger partial charge in [0, 0.05) is 0 Å². The van der Waals surface area contributed by atoms with Crippen molar-refractivity contribution in [1.29, 1.82) is 5.26 Å². The second-order valence-corrected chi connectivity index (χ2v) is 21.8. The number of nitrogens with zero attached hydrogens (tertiary/aromatic N) is 1. The van der Waals surface area contributed by atoms with Crippen LogP contribution in [0.15, 0.2) is 42.0 Å². The van der Waals surface area contributed by atoms with Gasteiger partial charge in [0.1, 0.15) is 17.4 Å². The molecule has 0 bridgehead atoms. The minimum absolute atomic E-state index is 0.0233. The molecule has 0 aliphatic carbocycles. The molecule has 0 radical (unpaired) electrons. The molecule has 0 fully saturated rings. The third-order valence-electron chi connectivity index (χ3n) is 8.15. The van der Waals surface area contributed by atoms with Crippen molar-refractivity contribution in [1.82, 2.24) is 0 Å². The van der Waals surface area contributed by atoms with Crippen molar-refractivity contribution < 1.29 is 23.5 Å². The van der Waals surface area contributed by atoms with Crippen LogP contribution in [0.5, 0.6) is 5.75 Å². The Bertz CT molecular complexity index is 1050. The van der Waals surface area contributed by atoms with Crippen LogP contribution in [0.3, 0.4) is 0 Å². The van der Waals surface area contributed by atoms with E-state index in [0.717, 1.165) is 17.7 Å². The minimum Gasteiger partial charge on any atom is -0.507 e. The predicted molar refractivity (Wildman–Crippen MR) is 165 cm³/mol. The Balaban J connectivity index is 3.35. The van der Waals surface area contributed by atoms with Crippen LogP contribution in [0.4, 0.5) is 0 Å². The Kier molecular flexibility index (Phi) is 13.4. The molecule has 1 aromatic rings. The first-order chi connectivity index (χ1) is 18.0. The number of carbonyl (C=O) groups excluding carboxylic acids is 1. The molecule has 2 atom stereocenters. The topological polar surface area (TPSA) is 88.8 Å². The van der Waals surface area contributed by atoms with Gasteiger partial charge >= 0.3 is 5.97 Å². The van der Waals surface area contributed by atoms with Gasteiger partial charge in [-0.25, -0.2) is 4.79 Å². The molecule has 6 nitrogen and oxygen atoms in total. The molecule has 8 heteroatoms. The van der Waals surface area contributed by atoms with Crippen molar-refractivity contribution in [3.8, 4) is 11.8 Å². The fraction of sp³-hybridized carbons (Fsp3) is 0.613. The zero-order chi connectivity index (χ0) is 30.0. The zero-order valence-electron chi connectivity index (χ0n) is 26.1. The molecule has 0 saturated heterocycles. The molecule has 2 unspecified atom stereocenters. The van der Waals surface area contributed by atoms with Gasteiger partial charge < -0.3 is 18.7 Å². The molecule has 0 spiro atoms. The highest BCUT2D eigenvalue weighted by atomic mass is 28.4. The fourth-order valence-electron chi connectivity index (χ4n) is 4.36.